The summed E-state index contributed by atoms with van der Waals surface area (Å²) < 4.78 is 74.6. The van der Waals surface area contributed by atoms with Crippen molar-refractivity contribution in [2.45, 2.75) is 25.6 Å². The first-order valence-corrected chi connectivity index (χ1v) is 10.7. The van der Waals surface area contributed by atoms with Crippen molar-refractivity contribution in [2.75, 3.05) is 11.3 Å². The molecule has 29 heavy (non-hydrogen) atoms. The second-order valence-corrected chi connectivity index (χ2v) is 8.23. The smallest absolute Gasteiger partial charge is 0.430 e. The Kier molecular flexibility index (Phi) is 6.19. The molecule has 0 amide bonds. The summed E-state index contributed by atoms with van der Waals surface area (Å²) in [6.45, 7) is 1.90. The molecule has 0 aliphatic heterocycles. The fraction of sp³-hybridized carbons (Fsp3) is 0.312. The number of nitrogens with one attached hydrogen (secondary N) is 2. The quantitative estimate of drug-likeness (QED) is 0.548. The number of nitrogens with zero attached hydrogens (tertiary/aromatic N) is 3. The van der Waals surface area contributed by atoms with Crippen LogP contribution in [0, 0.1) is 0 Å². The van der Waals surface area contributed by atoms with E-state index in [4.69, 9.17) is 4.74 Å². The molecule has 0 spiro atoms. The van der Waals surface area contributed by atoms with Crippen molar-refractivity contribution in [1.82, 2.24) is 19.7 Å². The minimum absolute atomic E-state index is 0.137. The summed E-state index contributed by atoms with van der Waals surface area (Å²) in [6, 6.07) is 6.34. The molecular formula is C16H16F3N5O3S2. The third-order valence-electron chi connectivity index (χ3n) is 3.55. The molecule has 3 rings (SSSR count). The van der Waals surface area contributed by atoms with E-state index in [-0.39, 0.29) is 22.5 Å². The van der Waals surface area contributed by atoms with Crippen molar-refractivity contribution in [2.24, 2.45) is 0 Å². The van der Waals surface area contributed by atoms with Gasteiger partial charge in [0.2, 0.25) is 11.9 Å². The molecule has 0 radical (unpaired) electrons. The van der Waals surface area contributed by atoms with E-state index < -0.39 is 34.2 Å². The first-order valence-electron chi connectivity index (χ1n) is 8.35. The van der Waals surface area contributed by atoms with Crippen LogP contribution in [0.3, 0.4) is 0 Å². The molecule has 0 saturated heterocycles. The number of hydrogen-bond donors (Lipinski definition) is 2. The lowest BCUT2D eigenvalue weighted by molar-refractivity contribution is -0.197. The molecule has 1 atom stereocenters. The first kappa shape index (κ1) is 21.2. The Morgan fingerprint density at radius 3 is 2.48 bits per heavy atom. The number of rotatable bonds is 8. The number of fused-ring (bicyclic) bond motifs is 1. The fourth-order valence-corrected chi connectivity index (χ4v) is 3.89. The SMILES string of the molecule is CCCNS(=O)(=O)Nc1nc2ccccc2nc1OC(c1cncs1)C(F)(F)F. The molecule has 0 aliphatic carbocycles. The van der Waals surface area contributed by atoms with Gasteiger partial charge >= 0.3 is 6.18 Å². The number of ether oxygens (including phenoxy) is 1. The number of aromatic nitrogens is 3. The highest BCUT2D eigenvalue weighted by atomic mass is 32.2. The number of benzene rings is 1. The summed E-state index contributed by atoms with van der Waals surface area (Å²) in [7, 11) is -4.09. The van der Waals surface area contributed by atoms with Gasteiger partial charge in [-0.3, -0.25) is 9.71 Å². The first-order chi connectivity index (χ1) is 13.7. The van der Waals surface area contributed by atoms with Crippen molar-refractivity contribution in [3.05, 3.63) is 40.8 Å². The Balaban J connectivity index is 2.04. The maximum Gasteiger partial charge on any atom is 0.430 e. The lowest BCUT2D eigenvalue weighted by atomic mass is 10.3. The third-order valence-corrected chi connectivity index (χ3v) is 5.41. The van der Waals surface area contributed by atoms with Crippen LogP contribution in [0.1, 0.15) is 24.3 Å². The van der Waals surface area contributed by atoms with Crippen LogP contribution in [0.2, 0.25) is 0 Å². The predicted octanol–water partition coefficient (Wildman–Crippen LogP) is 3.43. The predicted molar refractivity (Wildman–Crippen MR) is 102 cm³/mol. The van der Waals surface area contributed by atoms with E-state index in [0.717, 1.165) is 17.5 Å². The van der Waals surface area contributed by atoms with Crippen molar-refractivity contribution < 1.29 is 26.3 Å². The van der Waals surface area contributed by atoms with Crippen molar-refractivity contribution >= 4 is 38.4 Å². The van der Waals surface area contributed by atoms with Gasteiger partial charge in [-0.25, -0.2) is 9.97 Å². The fourth-order valence-electron chi connectivity index (χ4n) is 2.29. The van der Waals surface area contributed by atoms with Gasteiger partial charge in [-0.1, -0.05) is 19.1 Å². The zero-order chi connectivity index (χ0) is 21.1. The van der Waals surface area contributed by atoms with Crippen LogP contribution >= 0.6 is 11.3 Å². The van der Waals surface area contributed by atoms with Gasteiger partial charge in [0.15, 0.2) is 0 Å². The van der Waals surface area contributed by atoms with E-state index in [9.17, 15) is 21.6 Å². The van der Waals surface area contributed by atoms with Gasteiger partial charge in [-0.15, -0.1) is 11.3 Å². The lowest BCUT2D eigenvalue weighted by Crippen LogP contribution is -2.32. The summed E-state index contributed by atoms with van der Waals surface area (Å²) in [5.41, 5.74) is 1.77. The number of anilines is 1. The Morgan fingerprint density at radius 1 is 1.21 bits per heavy atom. The average Bonchev–Trinajstić information content (AvgIpc) is 3.17. The molecular weight excluding hydrogens is 431 g/mol. The van der Waals surface area contributed by atoms with E-state index in [0.29, 0.717) is 6.42 Å². The van der Waals surface area contributed by atoms with Crippen molar-refractivity contribution in [3.63, 3.8) is 0 Å². The van der Waals surface area contributed by atoms with E-state index in [1.807, 2.05) is 0 Å². The average molecular weight is 447 g/mol. The molecule has 3 aromatic rings. The molecule has 0 fully saturated rings. The van der Waals surface area contributed by atoms with Gasteiger partial charge in [-0.2, -0.15) is 26.3 Å². The van der Waals surface area contributed by atoms with Crippen LogP contribution < -0.4 is 14.2 Å². The second kappa shape index (κ2) is 8.47. The Hall–Kier alpha value is -2.51. The molecule has 13 heteroatoms. The standard InChI is InChI=1S/C16H16F3N5O3S2/c1-2-7-21-29(25,26)24-14-15(23-11-6-4-3-5-10(11)22-14)27-13(16(17,18)19)12-8-20-9-28-12/h3-6,8-9,13,21H,2,7H2,1H3,(H,22,24). The zero-order valence-corrected chi connectivity index (χ0v) is 16.6. The molecule has 1 unspecified atom stereocenters. The minimum Gasteiger partial charge on any atom is -0.456 e. The van der Waals surface area contributed by atoms with Crippen LogP contribution in [0.25, 0.3) is 11.0 Å². The molecule has 2 N–H and O–H groups in total. The largest absolute Gasteiger partial charge is 0.456 e. The van der Waals surface area contributed by atoms with E-state index in [2.05, 4.69) is 24.4 Å². The topological polar surface area (TPSA) is 106 Å². The van der Waals surface area contributed by atoms with Gasteiger partial charge in [0, 0.05) is 12.7 Å². The molecule has 0 bridgehead atoms. The number of halogens is 3. The maximum absolute atomic E-state index is 13.6. The van der Waals surface area contributed by atoms with Crippen LogP contribution in [0.4, 0.5) is 19.0 Å². The molecule has 1 aromatic carbocycles. The number of hydrogen-bond acceptors (Lipinski definition) is 7. The molecule has 8 nitrogen and oxygen atoms in total. The number of alkyl halides is 3. The van der Waals surface area contributed by atoms with Gasteiger partial charge in [0.1, 0.15) is 0 Å². The third kappa shape index (κ3) is 5.31. The normalized spacial score (nSPS) is 13.4. The zero-order valence-electron chi connectivity index (χ0n) is 15.0. The molecule has 0 saturated carbocycles. The van der Waals surface area contributed by atoms with Gasteiger partial charge in [-0.05, 0) is 18.6 Å². The summed E-state index contributed by atoms with van der Waals surface area (Å²) in [6.07, 6.45) is -5.60. The van der Waals surface area contributed by atoms with E-state index in [1.165, 1.54) is 11.6 Å². The monoisotopic (exact) mass is 447 g/mol. The highest BCUT2D eigenvalue weighted by Crippen LogP contribution is 2.39. The number of thiazole rings is 1. The minimum atomic E-state index is -4.78. The second-order valence-electron chi connectivity index (χ2n) is 5.81. The summed E-state index contributed by atoms with van der Waals surface area (Å²) in [4.78, 5) is 11.6. The van der Waals surface area contributed by atoms with Crippen molar-refractivity contribution in [3.8, 4) is 5.88 Å². The van der Waals surface area contributed by atoms with Crippen LogP contribution in [-0.4, -0.2) is 36.1 Å². The van der Waals surface area contributed by atoms with Crippen LogP contribution in [0.15, 0.2) is 36.0 Å². The molecule has 0 aliphatic rings. The Labute approximate surface area is 168 Å². The van der Waals surface area contributed by atoms with E-state index >= 15 is 0 Å². The highest BCUT2D eigenvalue weighted by molar-refractivity contribution is 7.90. The highest BCUT2D eigenvalue weighted by Gasteiger charge is 2.45. The van der Waals surface area contributed by atoms with Crippen LogP contribution in [-0.2, 0) is 10.2 Å². The summed E-state index contributed by atoms with van der Waals surface area (Å²) >= 11 is 0.756. The van der Waals surface area contributed by atoms with Gasteiger partial charge in [0.25, 0.3) is 16.1 Å². The number of para-hydroxylation sites is 2. The van der Waals surface area contributed by atoms with Crippen molar-refractivity contribution in [1.29, 1.82) is 0 Å². The van der Waals surface area contributed by atoms with Gasteiger partial charge < -0.3 is 4.74 Å². The Morgan fingerprint density at radius 2 is 1.90 bits per heavy atom. The van der Waals surface area contributed by atoms with E-state index in [1.54, 1.807) is 25.1 Å². The summed E-state index contributed by atoms with van der Waals surface area (Å²) in [5, 5.41) is 0. The lowest BCUT2D eigenvalue weighted by Gasteiger charge is -2.21. The Bertz CT molecular complexity index is 1080. The van der Waals surface area contributed by atoms with Crippen LogP contribution in [0.5, 0.6) is 5.88 Å². The summed E-state index contributed by atoms with van der Waals surface area (Å²) in [5.74, 6) is -1.05. The maximum atomic E-state index is 13.6. The molecule has 156 valence electrons. The molecule has 2 aromatic heterocycles. The van der Waals surface area contributed by atoms with Gasteiger partial charge in [0.05, 0.1) is 21.4 Å². The molecule has 2 heterocycles.